The fraction of sp³-hybridized carbons (Fsp3) is 1.00. The molecule has 0 aromatic heterocycles. The summed E-state index contributed by atoms with van der Waals surface area (Å²) in [6.07, 6.45) is 5.76. The van der Waals surface area contributed by atoms with Crippen molar-refractivity contribution in [3.63, 3.8) is 0 Å². The molecule has 0 atom stereocenters. The molecule has 84 valence electrons. The average Bonchev–Trinajstić information content (AvgIpc) is 2.11. The van der Waals surface area contributed by atoms with Crippen LogP contribution < -0.4 is 0 Å². The second-order valence-electron chi connectivity index (χ2n) is 3.09. The molecule has 0 aliphatic rings. The predicted octanol–water partition coefficient (Wildman–Crippen LogP) is 1.66. The van der Waals surface area contributed by atoms with Gasteiger partial charge in [0, 0.05) is 0 Å². The van der Waals surface area contributed by atoms with E-state index in [2.05, 4.69) is 11.3 Å². The second kappa shape index (κ2) is 10.9. The van der Waals surface area contributed by atoms with Crippen molar-refractivity contribution in [2.24, 2.45) is 0 Å². The molecule has 0 fully saturated rings. The Hall–Kier alpha value is 1.41. The van der Waals surface area contributed by atoms with Crippen LogP contribution in [0.5, 0.6) is 0 Å². The maximum atomic E-state index is 11.3. The van der Waals surface area contributed by atoms with E-state index in [1.165, 1.54) is 6.42 Å². The molecule has 0 aliphatic heterocycles. The summed E-state index contributed by atoms with van der Waals surface area (Å²) >= 11 is 0. The molecule has 0 aliphatic carbocycles. The van der Waals surface area contributed by atoms with Crippen LogP contribution in [0.2, 0.25) is 0 Å². The van der Waals surface area contributed by atoms with Gasteiger partial charge >= 0.3 is 48.9 Å². The molecule has 0 aromatic carbocycles. The summed E-state index contributed by atoms with van der Waals surface area (Å²) in [5.74, 6) is -0.213. The molecular formula is C8H19BaFO3S. The van der Waals surface area contributed by atoms with Gasteiger partial charge in [-0.15, -0.1) is 0 Å². The first-order chi connectivity index (χ1) is 6.12. The SMILES string of the molecule is CCCCCCCCS(=O)(=O)OF.[BaH2]. The van der Waals surface area contributed by atoms with Crippen molar-refractivity contribution in [1.29, 1.82) is 0 Å². The summed E-state index contributed by atoms with van der Waals surface area (Å²) in [6.45, 7) is 2.11. The van der Waals surface area contributed by atoms with Gasteiger partial charge in [-0.1, -0.05) is 43.4 Å². The first-order valence-corrected chi connectivity index (χ1v) is 6.23. The zero-order valence-electron chi connectivity index (χ0n) is 7.96. The van der Waals surface area contributed by atoms with E-state index in [0.717, 1.165) is 25.7 Å². The molecule has 0 amide bonds. The molecule has 14 heavy (non-hydrogen) atoms. The number of unbranched alkanes of at least 4 members (excludes halogenated alkanes) is 5. The summed E-state index contributed by atoms with van der Waals surface area (Å²) in [6, 6.07) is 0. The number of hydrogen-bond acceptors (Lipinski definition) is 3. The van der Waals surface area contributed by atoms with Crippen molar-refractivity contribution >= 4 is 59.0 Å². The monoisotopic (exact) mass is 352 g/mol. The third-order valence-electron chi connectivity index (χ3n) is 1.84. The van der Waals surface area contributed by atoms with Crippen LogP contribution in [0.3, 0.4) is 0 Å². The summed E-state index contributed by atoms with van der Waals surface area (Å²) in [7, 11) is -3.88. The van der Waals surface area contributed by atoms with Gasteiger partial charge in [0.05, 0.1) is 5.75 Å². The van der Waals surface area contributed by atoms with Crippen molar-refractivity contribution < 1.29 is 17.3 Å². The number of halogens is 1. The van der Waals surface area contributed by atoms with E-state index in [0.29, 0.717) is 6.42 Å². The molecule has 0 N–H and O–H groups in total. The second-order valence-corrected chi connectivity index (χ2v) is 4.74. The Labute approximate surface area is 126 Å². The Balaban J connectivity index is 0. The molecule has 6 heteroatoms. The predicted molar refractivity (Wildman–Crippen MR) is 57.9 cm³/mol. The van der Waals surface area contributed by atoms with Gasteiger partial charge in [0.2, 0.25) is 0 Å². The molecule has 0 saturated heterocycles. The fourth-order valence-corrected chi connectivity index (χ4v) is 1.71. The summed E-state index contributed by atoms with van der Waals surface area (Å²) < 4.78 is 35.1. The van der Waals surface area contributed by atoms with Gasteiger partial charge in [0.15, 0.2) is 0 Å². The summed E-state index contributed by atoms with van der Waals surface area (Å²) in [5.41, 5.74) is 0. The first-order valence-electron chi connectivity index (χ1n) is 4.65. The van der Waals surface area contributed by atoms with E-state index in [1.54, 1.807) is 0 Å². The average molecular weight is 352 g/mol. The zero-order chi connectivity index (χ0) is 10.2. The normalized spacial score (nSPS) is 11.0. The quantitative estimate of drug-likeness (QED) is 0.493. The van der Waals surface area contributed by atoms with Gasteiger partial charge in [-0.05, 0) is 10.9 Å². The van der Waals surface area contributed by atoms with Crippen LogP contribution in [0.15, 0.2) is 0 Å². The minimum absolute atomic E-state index is 0. The Morgan fingerprint density at radius 1 is 1.07 bits per heavy atom. The van der Waals surface area contributed by atoms with E-state index < -0.39 is 10.1 Å². The molecule has 0 radical (unpaired) electrons. The van der Waals surface area contributed by atoms with Gasteiger partial charge in [-0.2, -0.15) is 8.42 Å². The molecule has 0 aromatic rings. The Morgan fingerprint density at radius 2 is 1.57 bits per heavy atom. The van der Waals surface area contributed by atoms with Crippen molar-refractivity contribution in [3.8, 4) is 0 Å². The Kier molecular flexibility index (Phi) is 13.9. The molecule has 0 rings (SSSR count). The van der Waals surface area contributed by atoms with Gasteiger partial charge < -0.3 is 0 Å². The Bertz CT molecular complexity index is 207. The maximum absolute atomic E-state index is 11.3. The fourth-order valence-electron chi connectivity index (χ4n) is 1.09. The number of rotatable bonds is 8. The van der Waals surface area contributed by atoms with Crippen molar-refractivity contribution in [2.45, 2.75) is 45.4 Å². The van der Waals surface area contributed by atoms with Crippen LogP contribution in [0.25, 0.3) is 0 Å². The number of hydrogen-bond donors (Lipinski definition) is 0. The van der Waals surface area contributed by atoms with E-state index in [-0.39, 0.29) is 54.6 Å². The molecule has 0 spiro atoms. The summed E-state index contributed by atoms with van der Waals surface area (Å²) in [5, 5.41) is 0. The van der Waals surface area contributed by atoms with Crippen LogP contribution >= 0.6 is 0 Å². The molecule has 0 unspecified atom stereocenters. The third-order valence-corrected chi connectivity index (χ3v) is 2.82. The van der Waals surface area contributed by atoms with Crippen LogP contribution in [0.1, 0.15) is 45.4 Å². The van der Waals surface area contributed by atoms with Crippen LogP contribution in [0.4, 0.5) is 4.53 Å². The van der Waals surface area contributed by atoms with Crippen LogP contribution in [-0.4, -0.2) is 63.1 Å². The first kappa shape index (κ1) is 17.8. The Morgan fingerprint density at radius 3 is 2.07 bits per heavy atom. The van der Waals surface area contributed by atoms with E-state index in [9.17, 15) is 12.9 Å². The van der Waals surface area contributed by atoms with E-state index in [1.807, 2.05) is 0 Å². The summed E-state index contributed by atoms with van der Waals surface area (Å²) in [4.78, 5) is 0. The van der Waals surface area contributed by atoms with Crippen molar-refractivity contribution in [1.82, 2.24) is 0 Å². The zero-order valence-corrected chi connectivity index (χ0v) is 8.78. The van der Waals surface area contributed by atoms with Gasteiger partial charge in [0.1, 0.15) is 0 Å². The third kappa shape index (κ3) is 11.5. The standard InChI is InChI=1S/C8H17FO3S.Ba.2H/c1-2-3-4-5-6-7-8-13(10,11)12-9;;;/h2-8H2,1H3;;;. The molecule has 0 bridgehead atoms. The molecule has 0 saturated carbocycles. The van der Waals surface area contributed by atoms with Crippen molar-refractivity contribution in [2.75, 3.05) is 5.75 Å². The minimum atomic E-state index is -3.88. The van der Waals surface area contributed by atoms with Crippen LogP contribution in [-0.2, 0) is 14.5 Å². The molecular weight excluding hydrogens is 332 g/mol. The molecule has 0 heterocycles. The van der Waals surface area contributed by atoms with Gasteiger partial charge in [-0.25, -0.2) is 0 Å². The molecule has 3 nitrogen and oxygen atoms in total. The van der Waals surface area contributed by atoms with E-state index in [4.69, 9.17) is 0 Å². The topological polar surface area (TPSA) is 43.4 Å². The van der Waals surface area contributed by atoms with Gasteiger partial charge in [0.25, 0.3) is 10.1 Å². The van der Waals surface area contributed by atoms with E-state index >= 15 is 0 Å². The van der Waals surface area contributed by atoms with Crippen LogP contribution in [0, 0.1) is 0 Å². The van der Waals surface area contributed by atoms with Crippen molar-refractivity contribution in [3.05, 3.63) is 0 Å². The van der Waals surface area contributed by atoms with Gasteiger partial charge in [-0.3, -0.25) is 0 Å².